The average molecular weight is 278 g/mol. The third-order valence-corrected chi connectivity index (χ3v) is 6.43. The Morgan fingerprint density at radius 2 is 1.75 bits per heavy atom. The van der Waals surface area contributed by atoms with Crippen LogP contribution in [0.2, 0.25) is 0 Å². The van der Waals surface area contributed by atoms with Crippen molar-refractivity contribution in [2.45, 2.75) is 64.8 Å². The van der Waals surface area contributed by atoms with Crippen LogP contribution in [0, 0.1) is 23.7 Å². The summed E-state index contributed by atoms with van der Waals surface area (Å²) in [6.45, 7) is 10.00. The van der Waals surface area contributed by atoms with Gasteiger partial charge in [0.15, 0.2) is 0 Å². The van der Waals surface area contributed by atoms with E-state index in [4.69, 9.17) is 0 Å². The first-order valence-corrected chi connectivity index (χ1v) is 9.25. The van der Waals surface area contributed by atoms with Gasteiger partial charge >= 0.3 is 0 Å². The highest BCUT2D eigenvalue weighted by Crippen LogP contribution is 2.39. The van der Waals surface area contributed by atoms with Crippen LogP contribution in [0.3, 0.4) is 0 Å². The lowest BCUT2D eigenvalue weighted by atomic mass is 9.76. The van der Waals surface area contributed by atoms with E-state index in [1.807, 2.05) is 0 Å². The lowest BCUT2D eigenvalue weighted by Gasteiger charge is -2.38. The first kappa shape index (κ1) is 14.8. The lowest BCUT2D eigenvalue weighted by Crippen LogP contribution is -2.45. The summed E-state index contributed by atoms with van der Waals surface area (Å²) in [5.41, 5.74) is 0. The van der Waals surface area contributed by atoms with Crippen molar-refractivity contribution in [2.24, 2.45) is 23.7 Å². The third kappa shape index (κ3) is 3.22. The van der Waals surface area contributed by atoms with E-state index in [2.05, 4.69) is 24.1 Å². The normalized spacial score (nSPS) is 42.0. The Morgan fingerprint density at radius 3 is 2.40 bits per heavy atom. The molecule has 0 bridgehead atoms. The van der Waals surface area contributed by atoms with Gasteiger partial charge in [0.2, 0.25) is 0 Å². The van der Waals surface area contributed by atoms with Crippen molar-refractivity contribution in [3.05, 3.63) is 0 Å². The second-order valence-electron chi connectivity index (χ2n) is 7.68. The van der Waals surface area contributed by atoms with Crippen molar-refractivity contribution >= 4 is 0 Å². The molecule has 1 saturated heterocycles. The van der Waals surface area contributed by atoms with E-state index in [-0.39, 0.29) is 0 Å². The molecule has 0 aromatic carbocycles. The molecule has 0 aromatic heterocycles. The molecule has 1 heterocycles. The molecule has 0 aromatic rings. The summed E-state index contributed by atoms with van der Waals surface area (Å²) in [4.78, 5) is 2.82. The highest BCUT2D eigenvalue weighted by Gasteiger charge is 2.38. The molecule has 0 radical (unpaired) electrons. The minimum atomic E-state index is 0.795. The number of hydrogen-bond donors (Lipinski definition) is 1. The lowest BCUT2D eigenvalue weighted by molar-refractivity contribution is 0.148. The van der Waals surface area contributed by atoms with Crippen molar-refractivity contribution in [1.82, 2.24) is 10.2 Å². The van der Waals surface area contributed by atoms with Crippen LogP contribution < -0.4 is 5.32 Å². The third-order valence-electron chi connectivity index (χ3n) is 6.43. The second kappa shape index (κ2) is 6.79. The monoisotopic (exact) mass is 278 g/mol. The molecule has 5 atom stereocenters. The Balaban J connectivity index is 1.55. The summed E-state index contributed by atoms with van der Waals surface area (Å²) in [6, 6.07) is 0.795. The Morgan fingerprint density at radius 1 is 1.00 bits per heavy atom. The van der Waals surface area contributed by atoms with Gasteiger partial charge in [-0.1, -0.05) is 26.7 Å². The van der Waals surface area contributed by atoms with Crippen molar-refractivity contribution in [3.63, 3.8) is 0 Å². The predicted molar refractivity (Wildman–Crippen MR) is 85.9 cm³/mol. The molecule has 116 valence electrons. The van der Waals surface area contributed by atoms with Crippen molar-refractivity contribution in [1.29, 1.82) is 0 Å². The Kier molecular flexibility index (Phi) is 5.04. The molecular formula is C18H34N2. The zero-order chi connectivity index (χ0) is 13.9. The summed E-state index contributed by atoms with van der Waals surface area (Å²) in [6.07, 6.45) is 10.3. The van der Waals surface area contributed by atoms with Crippen LogP contribution in [0.1, 0.15) is 58.8 Å². The number of fused-ring (bicyclic) bond motifs is 1. The van der Waals surface area contributed by atoms with Crippen LogP contribution in [0.4, 0.5) is 0 Å². The second-order valence-corrected chi connectivity index (χ2v) is 7.68. The number of rotatable bonds is 5. The van der Waals surface area contributed by atoms with E-state index in [1.54, 1.807) is 0 Å². The van der Waals surface area contributed by atoms with Gasteiger partial charge in [-0.2, -0.15) is 0 Å². The molecule has 2 aliphatic carbocycles. The van der Waals surface area contributed by atoms with Gasteiger partial charge < -0.3 is 10.2 Å². The fraction of sp³-hybridized carbons (Fsp3) is 1.00. The number of nitrogens with zero attached hydrogens (tertiary/aromatic N) is 1. The topological polar surface area (TPSA) is 15.3 Å². The summed E-state index contributed by atoms with van der Waals surface area (Å²) >= 11 is 0. The fourth-order valence-corrected chi connectivity index (χ4v) is 5.28. The maximum atomic E-state index is 3.78. The SMILES string of the molecule is CCNC1CCC(CC)CC1CN1CC2CCCC2C1. The maximum Gasteiger partial charge on any atom is 0.0108 e. The smallest absolute Gasteiger partial charge is 0.0108 e. The van der Waals surface area contributed by atoms with Crippen LogP contribution in [0.15, 0.2) is 0 Å². The van der Waals surface area contributed by atoms with Gasteiger partial charge in [0, 0.05) is 25.7 Å². The summed E-state index contributed by atoms with van der Waals surface area (Å²) in [5.74, 6) is 4.01. The molecule has 1 N–H and O–H groups in total. The van der Waals surface area contributed by atoms with Gasteiger partial charge in [-0.15, -0.1) is 0 Å². The standard InChI is InChI=1S/C18H34N2/c1-3-14-8-9-18(19-4-2)17(10-14)13-20-11-15-6-5-7-16(15)12-20/h14-19H,3-13H2,1-2H3. The average Bonchev–Trinajstić information content (AvgIpc) is 3.02. The minimum Gasteiger partial charge on any atom is -0.314 e. The van der Waals surface area contributed by atoms with E-state index < -0.39 is 0 Å². The van der Waals surface area contributed by atoms with Crippen LogP contribution >= 0.6 is 0 Å². The molecule has 2 nitrogen and oxygen atoms in total. The van der Waals surface area contributed by atoms with E-state index in [0.29, 0.717) is 0 Å². The van der Waals surface area contributed by atoms with E-state index in [1.165, 1.54) is 64.6 Å². The van der Waals surface area contributed by atoms with E-state index in [9.17, 15) is 0 Å². The number of hydrogen-bond acceptors (Lipinski definition) is 2. The zero-order valence-electron chi connectivity index (χ0n) is 13.6. The molecule has 2 heteroatoms. The molecule has 3 rings (SSSR count). The molecule has 0 amide bonds. The molecule has 2 saturated carbocycles. The van der Waals surface area contributed by atoms with Crippen LogP contribution in [-0.2, 0) is 0 Å². The van der Waals surface area contributed by atoms with Gasteiger partial charge in [0.25, 0.3) is 0 Å². The van der Waals surface area contributed by atoms with Crippen LogP contribution in [0.25, 0.3) is 0 Å². The number of likely N-dealkylation sites (tertiary alicyclic amines) is 1. The summed E-state index contributed by atoms with van der Waals surface area (Å²) in [5, 5.41) is 3.78. The molecule has 20 heavy (non-hydrogen) atoms. The largest absolute Gasteiger partial charge is 0.314 e. The first-order valence-electron chi connectivity index (χ1n) is 9.25. The zero-order valence-corrected chi connectivity index (χ0v) is 13.6. The van der Waals surface area contributed by atoms with Crippen LogP contribution in [0.5, 0.6) is 0 Å². The molecule has 5 unspecified atom stereocenters. The molecular weight excluding hydrogens is 244 g/mol. The molecule has 3 aliphatic rings. The van der Waals surface area contributed by atoms with E-state index >= 15 is 0 Å². The van der Waals surface area contributed by atoms with Crippen molar-refractivity contribution in [3.8, 4) is 0 Å². The number of nitrogens with one attached hydrogen (secondary N) is 1. The minimum absolute atomic E-state index is 0.795. The van der Waals surface area contributed by atoms with E-state index in [0.717, 1.165) is 36.3 Å². The highest BCUT2D eigenvalue weighted by atomic mass is 15.2. The summed E-state index contributed by atoms with van der Waals surface area (Å²) < 4.78 is 0. The highest BCUT2D eigenvalue weighted by molar-refractivity contribution is 4.92. The van der Waals surface area contributed by atoms with Crippen molar-refractivity contribution < 1.29 is 0 Å². The summed E-state index contributed by atoms with van der Waals surface area (Å²) in [7, 11) is 0. The van der Waals surface area contributed by atoms with Crippen molar-refractivity contribution in [2.75, 3.05) is 26.2 Å². The predicted octanol–water partition coefficient (Wildman–Crippen LogP) is 3.52. The van der Waals surface area contributed by atoms with Gasteiger partial charge in [-0.25, -0.2) is 0 Å². The molecule has 0 spiro atoms. The van der Waals surface area contributed by atoms with Crippen LogP contribution in [-0.4, -0.2) is 37.1 Å². The first-order chi connectivity index (χ1) is 9.80. The Labute approximate surface area is 125 Å². The van der Waals surface area contributed by atoms with Gasteiger partial charge in [-0.3, -0.25) is 0 Å². The van der Waals surface area contributed by atoms with Gasteiger partial charge in [0.05, 0.1) is 0 Å². The fourth-order valence-electron chi connectivity index (χ4n) is 5.28. The molecule has 3 fully saturated rings. The van der Waals surface area contributed by atoms with Gasteiger partial charge in [0.1, 0.15) is 0 Å². The maximum absolute atomic E-state index is 3.78. The quantitative estimate of drug-likeness (QED) is 0.828. The Hall–Kier alpha value is -0.0800. The molecule has 1 aliphatic heterocycles. The van der Waals surface area contributed by atoms with Gasteiger partial charge in [-0.05, 0) is 62.3 Å². The Bertz CT molecular complexity index is 292.